The summed E-state index contributed by atoms with van der Waals surface area (Å²) in [7, 11) is 0. The molecule has 0 saturated carbocycles. The Kier molecular flexibility index (Phi) is 9.62. The molecule has 8 nitrogen and oxygen atoms in total. The summed E-state index contributed by atoms with van der Waals surface area (Å²) in [4.78, 5) is 31.0. The van der Waals surface area contributed by atoms with E-state index in [1.807, 2.05) is 46.8 Å². The Morgan fingerprint density at radius 2 is 1.47 bits per heavy atom. The fourth-order valence-electron chi connectivity index (χ4n) is 5.66. The Labute approximate surface area is 255 Å². The molecule has 0 radical (unpaired) electrons. The zero-order valence-corrected chi connectivity index (χ0v) is 26.5. The number of carbonyl (C=O) groups is 2. The number of nitrogens with one attached hydrogen (secondary N) is 1. The summed E-state index contributed by atoms with van der Waals surface area (Å²) >= 11 is 0. The predicted molar refractivity (Wildman–Crippen MR) is 170 cm³/mol. The van der Waals surface area contributed by atoms with Crippen LogP contribution in [0.3, 0.4) is 0 Å². The number of aryl methyl sites for hydroxylation is 2. The van der Waals surface area contributed by atoms with Crippen LogP contribution in [0.25, 0.3) is 11.1 Å². The SMILES string of the molecule is Cc1nc(C)c([C@H](OC(C)(C)C)C(=O)O)c(N2CCC(C)(C)CC2)c1-c1ccc(CNCc2ccc(C(=O)O)cc2)cc1. The molecule has 1 fully saturated rings. The highest BCUT2D eigenvalue weighted by Crippen LogP contribution is 2.44. The summed E-state index contributed by atoms with van der Waals surface area (Å²) < 4.78 is 6.18. The first-order valence-corrected chi connectivity index (χ1v) is 14.9. The van der Waals surface area contributed by atoms with Gasteiger partial charge in [-0.15, -0.1) is 0 Å². The number of benzene rings is 2. The minimum Gasteiger partial charge on any atom is -0.479 e. The Bertz CT molecular complexity index is 1450. The number of carboxylic acids is 2. The van der Waals surface area contributed by atoms with Gasteiger partial charge in [0.2, 0.25) is 0 Å². The molecule has 2 aromatic carbocycles. The maximum Gasteiger partial charge on any atom is 0.337 e. The van der Waals surface area contributed by atoms with Gasteiger partial charge in [0.1, 0.15) is 0 Å². The Hall–Kier alpha value is -3.75. The number of hydrogen-bond acceptors (Lipinski definition) is 6. The van der Waals surface area contributed by atoms with Crippen LogP contribution >= 0.6 is 0 Å². The van der Waals surface area contributed by atoms with Crippen LogP contribution in [0.15, 0.2) is 48.5 Å². The normalized spacial score (nSPS) is 15.7. The van der Waals surface area contributed by atoms with E-state index < -0.39 is 23.6 Å². The lowest BCUT2D eigenvalue weighted by Gasteiger charge is -2.41. The van der Waals surface area contributed by atoms with E-state index in [9.17, 15) is 14.7 Å². The van der Waals surface area contributed by atoms with Crippen molar-refractivity contribution in [2.75, 3.05) is 18.0 Å². The van der Waals surface area contributed by atoms with Gasteiger partial charge in [0.05, 0.1) is 16.9 Å². The second kappa shape index (κ2) is 12.9. The van der Waals surface area contributed by atoms with Crippen LogP contribution in [-0.2, 0) is 22.6 Å². The summed E-state index contributed by atoms with van der Waals surface area (Å²) in [5, 5.41) is 22.9. The molecule has 3 aromatic rings. The van der Waals surface area contributed by atoms with E-state index in [4.69, 9.17) is 14.8 Å². The lowest BCUT2D eigenvalue weighted by atomic mass is 9.81. The molecule has 8 heteroatoms. The first-order chi connectivity index (χ1) is 20.1. The number of ether oxygens (including phenoxy) is 1. The molecule has 2 heterocycles. The summed E-state index contributed by atoms with van der Waals surface area (Å²) in [6.07, 6.45) is 0.867. The molecule has 0 unspecified atom stereocenters. The number of nitrogens with zero attached hydrogens (tertiary/aromatic N) is 2. The van der Waals surface area contributed by atoms with Crippen molar-refractivity contribution in [2.45, 2.75) is 86.1 Å². The van der Waals surface area contributed by atoms with E-state index in [2.05, 4.69) is 48.3 Å². The van der Waals surface area contributed by atoms with E-state index in [1.54, 1.807) is 12.1 Å². The molecule has 3 N–H and O–H groups in total. The second-order valence-electron chi connectivity index (χ2n) is 13.3. The molecule has 0 spiro atoms. The standard InChI is InChI=1S/C35H45N3O5/c1-22-28(26-12-8-24(9-13-26)20-36-21-25-10-14-27(15-11-25)32(39)40)30(38-18-16-35(6,7)17-19-38)29(23(2)37-22)31(33(41)42)43-34(3,4)5/h8-15,31,36H,16-21H2,1-7H3,(H,39,40)(H,41,42)/t31-/m0/s1. The third-order valence-electron chi connectivity index (χ3n) is 8.07. The number of anilines is 1. The number of carboxylic acid groups (broad SMARTS) is 2. The predicted octanol–water partition coefficient (Wildman–Crippen LogP) is 6.92. The highest BCUT2D eigenvalue weighted by Gasteiger charge is 2.36. The smallest absolute Gasteiger partial charge is 0.337 e. The van der Waals surface area contributed by atoms with Crippen LogP contribution in [0.4, 0.5) is 5.69 Å². The van der Waals surface area contributed by atoms with Crippen molar-refractivity contribution in [3.63, 3.8) is 0 Å². The maximum atomic E-state index is 12.7. The van der Waals surface area contributed by atoms with E-state index >= 15 is 0 Å². The molecule has 1 saturated heterocycles. The molecule has 0 bridgehead atoms. The summed E-state index contributed by atoms with van der Waals surface area (Å²) in [5.74, 6) is -1.95. The number of rotatable bonds is 10. The van der Waals surface area contributed by atoms with Crippen LogP contribution < -0.4 is 10.2 Å². The van der Waals surface area contributed by atoms with Crippen molar-refractivity contribution >= 4 is 17.6 Å². The molecule has 1 aliphatic rings. The summed E-state index contributed by atoms with van der Waals surface area (Å²) in [6, 6.07) is 15.2. The van der Waals surface area contributed by atoms with Gasteiger partial charge in [0.15, 0.2) is 6.10 Å². The van der Waals surface area contributed by atoms with Gasteiger partial charge in [0.25, 0.3) is 0 Å². The van der Waals surface area contributed by atoms with Gasteiger partial charge in [-0.2, -0.15) is 0 Å². The largest absolute Gasteiger partial charge is 0.479 e. The average molecular weight is 588 g/mol. The van der Waals surface area contributed by atoms with Crippen LogP contribution in [0.5, 0.6) is 0 Å². The van der Waals surface area contributed by atoms with E-state index in [0.717, 1.165) is 59.6 Å². The summed E-state index contributed by atoms with van der Waals surface area (Å²) in [5.41, 5.74) is 6.96. The molecule has 0 amide bonds. The molecule has 43 heavy (non-hydrogen) atoms. The molecule has 0 aliphatic carbocycles. The first-order valence-electron chi connectivity index (χ1n) is 14.9. The number of piperidine rings is 1. The molecule has 1 atom stereocenters. The van der Waals surface area contributed by atoms with Gasteiger partial charge >= 0.3 is 11.9 Å². The van der Waals surface area contributed by atoms with E-state index in [1.165, 1.54) is 0 Å². The van der Waals surface area contributed by atoms with Crippen molar-refractivity contribution in [2.24, 2.45) is 5.41 Å². The van der Waals surface area contributed by atoms with Gasteiger partial charge < -0.3 is 25.2 Å². The number of aromatic carboxylic acids is 1. The molecular weight excluding hydrogens is 542 g/mol. The quantitative estimate of drug-likeness (QED) is 0.234. The number of pyridine rings is 1. The lowest BCUT2D eigenvalue weighted by molar-refractivity contribution is -0.160. The molecule has 1 aliphatic heterocycles. The molecule has 4 rings (SSSR count). The van der Waals surface area contributed by atoms with Crippen LogP contribution in [0.2, 0.25) is 0 Å². The van der Waals surface area contributed by atoms with Crippen LogP contribution in [0, 0.1) is 19.3 Å². The van der Waals surface area contributed by atoms with E-state index in [0.29, 0.717) is 24.3 Å². The topological polar surface area (TPSA) is 112 Å². The van der Waals surface area contributed by atoms with Crippen LogP contribution in [0.1, 0.15) is 92.0 Å². The zero-order chi connectivity index (χ0) is 31.5. The van der Waals surface area contributed by atoms with Crippen molar-refractivity contribution in [1.29, 1.82) is 0 Å². The second-order valence-corrected chi connectivity index (χ2v) is 13.3. The highest BCUT2D eigenvalue weighted by molar-refractivity contribution is 5.88. The number of hydrogen-bond donors (Lipinski definition) is 3. The number of aromatic nitrogens is 1. The average Bonchev–Trinajstić information content (AvgIpc) is 2.92. The van der Waals surface area contributed by atoms with Crippen molar-refractivity contribution in [3.05, 3.63) is 82.2 Å². The Balaban J connectivity index is 1.67. The molecular formula is C35H45N3O5. The molecule has 230 valence electrons. The van der Waals surface area contributed by atoms with Gasteiger partial charge in [-0.3, -0.25) is 4.98 Å². The summed E-state index contributed by atoms with van der Waals surface area (Å²) in [6.45, 7) is 17.0. The Morgan fingerprint density at radius 1 is 0.930 bits per heavy atom. The van der Waals surface area contributed by atoms with Gasteiger partial charge in [-0.05, 0) is 81.7 Å². The third kappa shape index (κ3) is 8.00. The van der Waals surface area contributed by atoms with Gasteiger partial charge in [0, 0.05) is 48.7 Å². The van der Waals surface area contributed by atoms with Gasteiger partial charge in [-0.1, -0.05) is 50.2 Å². The maximum absolute atomic E-state index is 12.7. The third-order valence-corrected chi connectivity index (χ3v) is 8.07. The minimum atomic E-state index is -1.15. The first kappa shape index (κ1) is 32.2. The minimum absolute atomic E-state index is 0.231. The monoisotopic (exact) mass is 587 g/mol. The fourth-order valence-corrected chi connectivity index (χ4v) is 5.66. The van der Waals surface area contributed by atoms with Crippen molar-refractivity contribution < 1.29 is 24.5 Å². The van der Waals surface area contributed by atoms with E-state index in [-0.39, 0.29) is 11.0 Å². The highest BCUT2D eigenvalue weighted by atomic mass is 16.5. The van der Waals surface area contributed by atoms with Crippen LogP contribution in [-0.4, -0.2) is 45.8 Å². The lowest BCUT2D eigenvalue weighted by Crippen LogP contribution is -2.39. The van der Waals surface area contributed by atoms with Crippen molar-refractivity contribution in [1.82, 2.24) is 10.3 Å². The van der Waals surface area contributed by atoms with Crippen molar-refractivity contribution in [3.8, 4) is 11.1 Å². The molecule has 1 aromatic heterocycles. The fraction of sp³-hybridized carbons (Fsp3) is 0.457. The zero-order valence-electron chi connectivity index (χ0n) is 26.5. The van der Waals surface area contributed by atoms with Gasteiger partial charge in [-0.25, -0.2) is 9.59 Å². The number of aliphatic carboxylic acids is 1. The Morgan fingerprint density at radius 3 is 1.95 bits per heavy atom.